The summed E-state index contributed by atoms with van der Waals surface area (Å²) in [6, 6.07) is 12.6. The van der Waals surface area contributed by atoms with Gasteiger partial charge in [0.15, 0.2) is 0 Å². The van der Waals surface area contributed by atoms with Crippen LogP contribution in [-0.2, 0) is 22.2 Å². The largest absolute Gasteiger partial charge is 0.425 e. The van der Waals surface area contributed by atoms with Gasteiger partial charge in [0.2, 0.25) is 5.60 Å². The third kappa shape index (κ3) is 5.54. The van der Waals surface area contributed by atoms with Crippen LogP contribution in [0.4, 0.5) is 18.9 Å². The molecule has 2 aromatic carbocycles. The molecule has 0 saturated heterocycles. The summed E-state index contributed by atoms with van der Waals surface area (Å²) in [5.74, 6) is 0.103. The fourth-order valence-corrected chi connectivity index (χ4v) is 5.43. The molecule has 0 fully saturated rings. The first kappa shape index (κ1) is 26.7. The molecule has 0 amide bonds. The average molecular weight is 510 g/mol. The van der Waals surface area contributed by atoms with Gasteiger partial charge in [-0.15, -0.1) is 0 Å². The third-order valence-corrected chi connectivity index (χ3v) is 7.26. The van der Waals surface area contributed by atoms with Crippen LogP contribution < -0.4 is 4.31 Å². The molecule has 190 valence electrons. The summed E-state index contributed by atoms with van der Waals surface area (Å²) >= 11 is 0. The van der Waals surface area contributed by atoms with Crippen molar-refractivity contribution in [3.63, 3.8) is 0 Å². The summed E-state index contributed by atoms with van der Waals surface area (Å²) in [7, 11) is -3.95. The quantitative estimate of drug-likeness (QED) is 0.431. The van der Waals surface area contributed by atoms with Crippen molar-refractivity contribution in [3.05, 3.63) is 78.1 Å². The summed E-state index contributed by atoms with van der Waals surface area (Å²) in [6.45, 7) is 8.03. The molecule has 6 nitrogen and oxygen atoms in total. The van der Waals surface area contributed by atoms with Crippen molar-refractivity contribution < 1.29 is 26.7 Å². The number of alkyl halides is 3. The minimum Gasteiger partial charge on any atom is -0.372 e. The summed E-state index contributed by atoms with van der Waals surface area (Å²) in [5, 5.41) is 14.9. The number of hydrogen-bond acceptors (Lipinski definition) is 4. The van der Waals surface area contributed by atoms with E-state index in [1.807, 2.05) is 27.7 Å². The van der Waals surface area contributed by atoms with Crippen molar-refractivity contribution in [3.8, 4) is 0 Å². The first-order chi connectivity index (χ1) is 16.3. The van der Waals surface area contributed by atoms with E-state index < -0.39 is 32.9 Å². The Morgan fingerprint density at radius 2 is 1.54 bits per heavy atom. The van der Waals surface area contributed by atoms with Gasteiger partial charge in [-0.3, -0.25) is 8.99 Å². The second kappa shape index (κ2) is 10.0. The highest BCUT2D eigenvalue weighted by atomic mass is 32.2. The fraction of sp³-hybridized carbons (Fsp3) is 0.400. The maximum absolute atomic E-state index is 14.2. The number of anilines is 1. The van der Waals surface area contributed by atoms with Crippen molar-refractivity contribution in [1.82, 2.24) is 9.78 Å². The minimum absolute atomic E-state index is 0.0490. The molecule has 0 aliphatic carbocycles. The highest BCUT2D eigenvalue weighted by molar-refractivity contribution is 7.92. The molecule has 10 heteroatoms. The molecule has 3 rings (SSSR count). The molecule has 35 heavy (non-hydrogen) atoms. The predicted octanol–water partition coefficient (Wildman–Crippen LogP) is 5.19. The highest BCUT2D eigenvalue weighted by Crippen LogP contribution is 2.44. The summed E-state index contributed by atoms with van der Waals surface area (Å²) in [5.41, 5.74) is -3.94. The molecule has 0 radical (unpaired) electrons. The van der Waals surface area contributed by atoms with Crippen molar-refractivity contribution in [1.29, 1.82) is 0 Å². The van der Waals surface area contributed by atoms with E-state index in [0.717, 1.165) is 18.3 Å². The predicted molar refractivity (Wildman–Crippen MR) is 128 cm³/mol. The number of rotatable bonds is 9. The van der Waals surface area contributed by atoms with E-state index in [1.165, 1.54) is 39.4 Å². The number of benzene rings is 2. The number of aromatic nitrogens is 2. The molecule has 0 aliphatic rings. The summed E-state index contributed by atoms with van der Waals surface area (Å²) in [6.07, 6.45) is -2.84. The minimum atomic E-state index is -5.03. The standard InChI is InChI=1S/C25H30F3N3O3S/c1-18(2)15-30-17-21(14-29-30)24(32,25(26,27)28)20-10-12-22(13-11-20)31(16-19(3)4)35(33,34)23-8-6-5-7-9-23/h5-14,17-19,32H,15-16H2,1-4H3. The maximum Gasteiger partial charge on any atom is 0.425 e. The van der Waals surface area contributed by atoms with Crippen molar-refractivity contribution >= 4 is 15.7 Å². The van der Waals surface area contributed by atoms with Crippen LogP contribution >= 0.6 is 0 Å². The van der Waals surface area contributed by atoms with E-state index in [4.69, 9.17) is 0 Å². The molecule has 1 atom stereocenters. The van der Waals surface area contributed by atoms with Crippen LogP contribution in [0.25, 0.3) is 0 Å². The van der Waals surface area contributed by atoms with Gasteiger partial charge in [-0.1, -0.05) is 58.0 Å². The van der Waals surface area contributed by atoms with Gasteiger partial charge >= 0.3 is 6.18 Å². The molecule has 0 bridgehead atoms. The van der Waals surface area contributed by atoms with Crippen molar-refractivity contribution in [2.75, 3.05) is 10.8 Å². The number of hydrogen-bond donors (Lipinski definition) is 1. The lowest BCUT2D eigenvalue weighted by molar-refractivity contribution is -0.248. The van der Waals surface area contributed by atoms with Crippen LogP contribution in [0.5, 0.6) is 0 Å². The van der Waals surface area contributed by atoms with E-state index in [0.29, 0.717) is 6.54 Å². The lowest BCUT2D eigenvalue weighted by Gasteiger charge is -2.31. The second-order valence-corrected chi connectivity index (χ2v) is 11.2. The average Bonchev–Trinajstić information content (AvgIpc) is 3.25. The maximum atomic E-state index is 14.2. The van der Waals surface area contributed by atoms with Gasteiger partial charge in [-0.25, -0.2) is 8.42 Å². The van der Waals surface area contributed by atoms with Gasteiger partial charge in [0.1, 0.15) is 0 Å². The molecular formula is C25H30F3N3O3S. The fourth-order valence-electron chi connectivity index (χ4n) is 3.78. The smallest absolute Gasteiger partial charge is 0.372 e. The molecule has 3 aromatic rings. The zero-order valence-corrected chi connectivity index (χ0v) is 20.9. The Bertz CT molecular complexity index is 1220. The Hall–Kier alpha value is -2.85. The van der Waals surface area contributed by atoms with E-state index in [2.05, 4.69) is 5.10 Å². The molecule has 1 aromatic heterocycles. The van der Waals surface area contributed by atoms with E-state index in [1.54, 1.807) is 18.2 Å². The Morgan fingerprint density at radius 3 is 2.06 bits per heavy atom. The van der Waals surface area contributed by atoms with Gasteiger partial charge in [0.25, 0.3) is 10.0 Å². The molecule has 0 saturated carbocycles. The molecule has 0 spiro atoms. The first-order valence-corrected chi connectivity index (χ1v) is 12.7. The number of nitrogens with zero attached hydrogens (tertiary/aromatic N) is 3. The lowest BCUT2D eigenvalue weighted by Crippen LogP contribution is -2.43. The van der Waals surface area contributed by atoms with E-state index in [-0.39, 0.29) is 29.0 Å². The molecule has 0 aliphatic heterocycles. The summed E-state index contributed by atoms with van der Waals surface area (Å²) in [4.78, 5) is 0.0779. The second-order valence-electron chi connectivity index (χ2n) is 9.34. The Labute approximate surface area is 204 Å². The number of aliphatic hydroxyl groups is 1. The van der Waals surface area contributed by atoms with Crippen LogP contribution in [0, 0.1) is 11.8 Å². The van der Waals surface area contributed by atoms with Gasteiger partial charge < -0.3 is 5.11 Å². The Balaban J connectivity index is 2.05. The molecule has 1 heterocycles. The molecule has 1 unspecified atom stereocenters. The number of halogens is 3. The highest BCUT2D eigenvalue weighted by Gasteiger charge is 2.57. The normalized spacial score (nSPS) is 14.3. The lowest BCUT2D eigenvalue weighted by atomic mass is 9.87. The van der Waals surface area contributed by atoms with Crippen LogP contribution in [-0.4, -0.2) is 36.0 Å². The zero-order valence-electron chi connectivity index (χ0n) is 20.1. The van der Waals surface area contributed by atoms with Crippen molar-refractivity contribution in [2.24, 2.45) is 11.8 Å². The summed E-state index contributed by atoms with van der Waals surface area (Å²) < 4.78 is 71.7. The Morgan fingerprint density at radius 1 is 0.943 bits per heavy atom. The zero-order chi connectivity index (χ0) is 26.0. The van der Waals surface area contributed by atoms with Crippen LogP contribution in [0.1, 0.15) is 38.8 Å². The third-order valence-electron chi connectivity index (χ3n) is 5.45. The van der Waals surface area contributed by atoms with Crippen LogP contribution in [0.3, 0.4) is 0 Å². The first-order valence-electron chi connectivity index (χ1n) is 11.3. The van der Waals surface area contributed by atoms with Gasteiger partial charge in [-0.2, -0.15) is 18.3 Å². The van der Waals surface area contributed by atoms with E-state index in [9.17, 15) is 26.7 Å². The van der Waals surface area contributed by atoms with Gasteiger partial charge in [0, 0.05) is 24.8 Å². The SMILES string of the molecule is CC(C)CN(c1ccc(C(O)(c2cnn(CC(C)C)c2)C(F)(F)F)cc1)S(=O)(=O)c1ccccc1. The monoisotopic (exact) mass is 509 g/mol. The number of sulfonamides is 1. The van der Waals surface area contributed by atoms with Crippen molar-refractivity contribution in [2.45, 2.75) is 50.9 Å². The van der Waals surface area contributed by atoms with Crippen LogP contribution in [0.2, 0.25) is 0 Å². The molecule has 1 N–H and O–H groups in total. The van der Waals surface area contributed by atoms with Gasteiger partial charge in [0.05, 0.1) is 16.8 Å². The topological polar surface area (TPSA) is 75.4 Å². The Kier molecular flexibility index (Phi) is 7.66. The van der Waals surface area contributed by atoms with E-state index >= 15 is 0 Å². The van der Waals surface area contributed by atoms with Gasteiger partial charge in [-0.05, 0) is 41.7 Å². The van der Waals surface area contributed by atoms with Crippen LogP contribution in [0.15, 0.2) is 71.9 Å². The molecular weight excluding hydrogens is 479 g/mol.